The lowest BCUT2D eigenvalue weighted by Gasteiger charge is -2.27. The highest BCUT2D eigenvalue weighted by molar-refractivity contribution is 7.50. The number of aliphatic hydroxyl groups is 1. The first-order chi connectivity index (χ1) is 21.9. The molecule has 0 spiro atoms. The van der Waals surface area contributed by atoms with Gasteiger partial charge in [-0.25, -0.2) is 38.5 Å². The molecule has 3 aliphatic heterocycles. The molecule has 7 heterocycles. The van der Waals surface area contributed by atoms with Crippen molar-refractivity contribution in [2.24, 2.45) is 5.92 Å². The summed E-state index contributed by atoms with van der Waals surface area (Å²) in [5.41, 5.74) is 10.8. The number of aromatic amines is 1. The number of anilines is 2. The van der Waals surface area contributed by atoms with E-state index >= 15 is 4.39 Å². The second-order valence-electron chi connectivity index (χ2n) is 10.6. The quantitative estimate of drug-likeness (QED) is 0.120. The Hall–Kier alpha value is -3.47. The van der Waals surface area contributed by atoms with Crippen molar-refractivity contribution in [1.82, 2.24) is 44.1 Å². The molecule has 4 aromatic rings. The highest BCUT2D eigenvalue weighted by Gasteiger charge is 2.54. The SMILES string of the molecule is Nc1nc2c(ncn2C2OC3COP(=O)(O)OC4C(CNP(=O)(O)OC2C3CO)OC(n2cnc3c(N)ncnc32)C4F)c(=O)[nH]1. The Balaban J connectivity index is 1.22. The molecule has 4 aromatic heterocycles. The first-order valence-electron chi connectivity index (χ1n) is 13.5. The maximum Gasteiger partial charge on any atom is 0.472 e. The maximum atomic E-state index is 16.0. The van der Waals surface area contributed by atoms with Crippen LogP contribution in [0.3, 0.4) is 0 Å². The van der Waals surface area contributed by atoms with Crippen LogP contribution in [-0.4, -0.2) is 104 Å². The summed E-state index contributed by atoms with van der Waals surface area (Å²) in [6.07, 6.45) is -7.67. The number of H-pyrrole nitrogens is 1. The van der Waals surface area contributed by atoms with Crippen molar-refractivity contribution in [3.63, 3.8) is 0 Å². The van der Waals surface area contributed by atoms with Crippen molar-refractivity contribution < 1.29 is 51.5 Å². The fourth-order valence-corrected chi connectivity index (χ4v) is 7.70. The van der Waals surface area contributed by atoms with E-state index < -0.39 is 89.8 Å². The van der Waals surface area contributed by atoms with Gasteiger partial charge in [-0.1, -0.05) is 0 Å². The summed E-state index contributed by atoms with van der Waals surface area (Å²) in [5, 5.41) is 12.5. The van der Waals surface area contributed by atoms with Gasteiger partial charge in [0.05, 0.1) is 32.0 Å². The van der Waals surface area contributed by atoms with Gasteiger partial charge < -0.3 is 35.8 Å². The molecule has 7 rings (SSSR count). The lowest BCUT2D eigenvalue weighted by atomic mass is 9.99. The van der Waals surface area contributed by atoms with E-state index in [1.165, 1.54) is 15.5 Å². The molecule has 248 valence electrons. The van der Waals surface area contributed by atoms with Crippen molar-refractivity contribution in [1.29, 1.82) is 0 Å². The molecule has 0 aliphatic carbocycles. The number of nitrogens with zero attached hydrogens (tertiary/aromatic N) is 7. The largest absolute Gasteiger partial charge is 0.472 e. The van der Waals surface area contributed by atoms with E-state index in [-0.39, 0.29) is 34.1 Å². The average Bonchev–Trinajstić information content (AvgIpc) is 3.75. The van der Waals surface area contributed by atoms with Crippen LogP contribution in [0.2, 0.25) is 0 Å². The topological polar surface area (TPSA) is 312 Å². The number of phosphoric acid groups is 1. The predicted molar refractivity (Wildman–Crippen MR) is 149 cm³/mol. The number of fused-ring (bicyclic) bond motifs is 5. The zero-order valence-corrected chi connectivity index (χ0v) is 24.9. The molecule has 10 atom stereocenters. The molecular formula is C21H26FN11O11P2. The minimum absolute atomic E-state index is 0.00957. The number of imidazole rings is 2. The Morgan fingerprint density at radius 2 is 1.70 bits per heavy atom. The van der Waals surface area contributed by atoms with Crippen LogP contribution < -0.4 is 22.1 Å². The number of aliphatic hydroxyl groups excluding tert-OH is 1. The summed E-state index contributed by atoms with van der Waals surface area (Å²) in [4.78, 5) is 56.2. The van der Waals surface area contributed by atoms with Crippen molar-refractivity contribution in [2.75, 3.05) is 31.2 Å². The fourth-order valence-electron chi connectivity index (χ4n) is 5.67. The number of aromatic nitrogens is 8. The van der Waals surface area contributed by atoms with Crippen molar-refractivity contribution in [3.8, 4) is 0 Å². The van der Waals surface area contributed by atoms with Crippen LogP contribution in [0.1, 0.15) is 12.5 Å². The molecule has 0 aromatic carbocycles. The Bertz CT molecular complexity index is 1960. The average molecular weight is 689 g/mol. The van der Waals surface area contributed by atoms with Gasteiger partial charge in [-0.15, -0.1) is 0 Å². The molecule has 0 amide bonds. The minimum atomic E-state index is -5.10. The Labute approximate surface area is 255 Å². The van der Waals surface area contributed by atoms with E-state index in [4.69, 9.17) is 34.5 Å². The number of nitrogens with one attached hydrogen (secondary N) is 2. The second-order valence-corrected chi connectivity index (χ2v) is 13.5. The first kappa shape index (κ1) is 31.1. The Morgan fingerprint density at radius 1 is 0.978 bits per heavy atom. The van der Waals surface area contributed by atoms with Crippen LogP contribution in [-0.2, 0) is 32.2 Å². The van der Waals surface area contributed by atoms with E-state index in [2.05, 4.69) is 35.0 Å². The molecule has 46 heavy (non-hydrogen) atoms. The highest BCUT2D eigenvalue weighted by atomic mass is 31.2. The van der Waals surface area contributed by atoms with Gasteiger partial charge in [-0.3, -0.25) is 32.5 Å². The number of alkyl halides is 1. The fraction of sp³-hybridized carbons (Fsp3) is 0.524. The van der Waals surface area contributed by atoms with Crippen LogP contribution in [0.25, 0.3) is 22.3 Å². The lowest BCUT2D eigenvalue weighted by molar-refractivity contribution is -0.0529. The Kier molecular flexibility index (Phi) is 7.68. The van der Waals surface area contributed by atoms with Crippen molar-refractivity contribution >= 4 is 49.7 Å². The predicted octanol–water partition coefficient (Wildman–Crippen LogP) is -1.54. The van der Waals surface area contributed by atoms with Gasteiger partial charge in [-0.2, -0.15) is 4.98 Å². The van der Waals surface area contributed by atoms with Crippen LogP contribution in [0.5, 0.6) is 0 Å². The van der Waals surface area contributed by atoms with Crippen LogP contribution >= 0.6 is 15.6 Å². The monoisotopic (exact) mass is 689 g/mol. The third-order valence-corrected chi connectivity index (χ3v) is 9.87. The number of rotatable bonds is 3. The van der Waals surface area contributed by atoms with E-state index in [1.54, 1.807) is 0 Å². The summed E-state index contributed by atoms with van der Waals surface area (Å²) >= 11 is 0. The maximum absolute atomic E-state index is 16.0. The number of hydrogen-bond acceptors (Lipinski definition) is 16. The van der Waals surface area contributed by atoms with E-state index in [1.807, 2.05) is 0 Å². The van der Waals surface area contributed by atoms with E-state index in [9.17, 15) is 28.8 Å². The second kappa shape index (κ2) is 11.3. The highest BCUT2D eigenvalue weighted by Crippen LogP contribution is 2.53. The Morgan fingerprint density at radius 3 is 2.46 bits per heavy atom. The van der Waals surface area contributed by atoms with Crippen molar-refractivity contribution in [3.05, 3.63) is 29.3 Å². The van der Waals surface area contributed by atoms with Gasteiger partial charge in [0.15, 0.2) is 41.3 Å². The summed E-state index contributed by atoms with van der Waals surface area (Å²) in [7, 11) is -9.97. The first-order valence-corrected chi connectivity index (χ1v) is 16.6. The summed E-state index contributed by atoms with van der Waals surface area (Å²) in [6, 6.07) is 0. The van der Waals surface area contributed by atoms with Gasteiger partial charge in [-0.05, 0) is 0 Å². The number of halogens is 1. The van der Waals surface area contributed by atoms with Gasteiger partial charge in [0.25, 0.3) is 5.56 Å². The van der Waals surface area contributed by atoms with E-state index in [0.29, 0.717) is 0 Å². The number of phosphoric ester groups is 1. The molecule has 0 saturated carbocycles. The molecule has 25 heteroatoms. The zero-order valence-electron chi connectivity index (χ0n) is 23.1. The summed E-state index contributed by atoms with van der Waals surface area (Å²) in [6.45, 7) is -2.10. The van der Waals surface area contributed by atoms with Gasteiger partial charge >= 0.3 is 15.6 Å². The number of nitrogens with two attached hydrogens (primary N) is 2. The normalized spacial score (nSPS) is 37.1. The smallest absolute Gasteiger partial charge is 0.396 e. The minimum Gasteiger partial charge on any atom is -0.396 e. The standard InChI is InChI=1S/C21H26FN11O11P2/c22-10-14-8(41-19(10)32-5-27-11-15(23)25-4-26-16(11)32)1-29-45(36,37)43-13-7(2-34)9(3-40-46(38,39)44-14)42-20(13)33-6-28-12-17(33)30-21(24)31-18(12)35/h4-10,13-14,19-20,34H,1-3H2,(H,38,39)(H2,23,25,26)(H2,29,36,37)(H3,24,30,31,35). The molecule has 3 fully saturated rings. The summed E-state index contributed by atoms with van der Waals surface area (Å²) < 4.78 is 72.6. The van der Waals surface area contributed by atoms with Crippen LogP contribution in [0.15, 0.2) is 23.8 Å². The third-order valence-electron chi connectivity index (χ3n) is 7.77. The molecule has 10 unspecified atom stereocenters. The molecule has 3 aliphatic rings. The van der Waals surface area contributed by atoms with Gasteiger partial charge in [0.2, 0.25) is 5.95 Å². The van der Waals surface area contributed by atoms with Gasteiger partial charge in [0, 0.05) is 12.5 Å². The van der Waals surface area contributed by atoms with E-state index in [0.717, 1.165) is 12.7 Å². The van der Waals surface area contributed by atoms with Crippen LogP contribution in [0, 0.1) is 5.92 Å². The molecule has 9 N–H and O–H groups in total. The lowest BCUT2D eigenvalue weighted by Crippen LogP contribution is -2.38. The molecule has 3 saturated heterocycles. The number of ether oxygens (including phenoxy) is 2. The molecular weight excluding hydrogens is 663 g/mol. The molecule has 22 nitrogen and oxygen atoms in total. The van der Waals surface area contributed by atoms with Crippen LogP contribution in [0.4, 0.5) is 16.2 Å². The zero-order chi connectivity index (χ0) is 32.5. The van der Waals surface area contributed by atoms with Crippen molar-refractivity contribution in [2.45, 2.75) is 43.0 Å². The molecule has 0 radical (unpaired) electrons. The molecule has 2 bridgehead atoms. The summed E-state index contributed by atoms with van der Waals surface area (Å²) in [5.74, 6) is -1.41. The van der Waals surface area contributed by atoms with Gasteiger partial charge in [0.1, 0.15) is 30.2 Å². The number of nitrogen functional groups attached to an aromatic ring is 2. The number of hydrogen-bond donors (Lipinski definition) is 7. The third kappa shape index (κ3) is 5.38.